The molecule has 0 spiro atoms. The first kappa shape index (κ1) is 22.3. The number of rotatable bonds is 8. The summed E-state index contributed by atoms with van der Waals surface area (Å²) in [6.45, 7) is 11.3. The second kappa shape index (κ2) is 10.6. The number of piperazine rings is 1. The molecule has 1 aliphatic heterocycles. The monoisotopic (exact) mass is 409 g/mol. The van der Waals surface area contributed by atoms with Crippen LogP contribution in [0.3, 0.4) is 0 Å². The molecule has 2 aromatic carbocycles. The number of carbonyl (C=O) groups is 1. The zero-order valence-corrected chi connectivity index (χ0v) is 18.7. The maximum absolute atomic E-state index is 12.8. The molecule has 1 heterocycles. The fourth-order valence-electron chi connectivity index (χ4n) is 3.72. The van der Waals surface area contributed by atoms with Gasteiger partial charge in [-0.15, -0.1) is 0 Å². The SMILES string of the molecule is Cc1ccc(C(C)C)cc1OCC(=O)NC(CN1CCN(C)CC1)c1ccccc1. The lowest BCUT2D eigenvalue weighted by Crippen LogP contribution is -2.48. The second-order valence-electron chi connectivity index (χ2n) is 8.60. The van der Waals surface area contributed by atoms with Gasteiger partial charge in [0.1, 0.15) is 5.75 Å². The Balaban J connectivity index is 1.62. The topological polar surface area (TPSA) is 44.8 Å². The Labute approximate surface area is 181 Å². The number of hydrogen-bond donors (Lipinski definition) is 1. The van der Waals surface area contributed by atoms with Gasteiger partial charge in [0, 0.05) is 32.7 Å². The van der Waals surface area contributed by atoms with E-state index in [1.807, 2.05) is 31.2 Å². The van der Waals surface area contributed by atoms with E-state index in [1.54, 1.807) is 0 Å². The zero-order chi connectivity index (χ0) is 21.5. The standard InChI is InChI=1S/C25H35N3O2/c1-19(2)22-11-10-20(3)24(16-22)30-18-25(29)26-23(21-8-6-5-7-9-21)17-28-14-12-27(4)13-15-28/h5-11,16,19,23H,12-15,17-18H2,1-4H3,(H,26,29). The van der Waals surface area contributed by atoms with Crippen LogP contribution in [-0.2, 0) is 4.79 Å². The van der Waals surface area contributed by atoms with Crippen LogP contribution >= 0.6 is 0 Å². The Morgan fingerprint density at radius 1 is 1.03 bits per heavy atom. The van der Waals surface area contributed by atoms with Crippen LogP contribution in [0.1, 0.15) is 42.5 Å². The Morgan fingerprint density at radius 2 is 1.73 bits per heavy atom. The largest absolute Gasteiger partial charge is 0.483 e. The lowest BCUT2D eigenvalue weighted by Gasteiger charge is -2.35. The number of hydrogen-bond acceptors (Lipinski definition) is 4. The van der Waals surface area contributed by atoms with Crippen molar-refractivity contribution in [2.24, 2.45) is 0 Å². The fourth-order valence-corrected chi connectivity index (χ4v) is 3.72. The highest BCUT2D eigenvalue weighted by atomic mass is 16.5. The van der Waals surface area contributed by atoms with Gasteiger partial charge in [0.05, 0.1) is 6.04 Å². The minimum Gasteiger partial charge on any atom is -0.483 e. The number of likely N-dealkylation sites (N-methyl/N-ethyl adjacent to an activating group) is 1. The van der Waals surface area contributed by atoms with Crippen molar-refractivity contribution in [2.45, 2.75) is 32.7 Å². The highest BCUT2D eigenvalue weighted by Gasteiger charge is 2.21. The molecule has 0 aromatic heterocycles. The third-order valence-corrected chi connectivity index (χ3v) is 5.81. The summed E-state index contributed by atoms with van der Waals surface area (Å²) >= 11 is 0. The maximum atomic E-state index is 12.8. The van der Waals surface area contributed by atoms with Gasteiger partial charge in [0.2, 0.25) is 0 Å². The van der Waals surface area contributed by atoms with Crippen LogP contribution in [0, 0.1) is 6.92 Å². The van der Waals surface area contributed by atoms with Crippen molar-refractivity contribution in [2.75, 3.05) is 46.4 Å². The molecule has 1 atom stereocenters. The third-order valence-electron chi connectivity index (χ3n) is 5.81. The summed E-state index contributed by atoms with van der Waals surface area (Å²) < 4.78 is 5.90. The van der Waals surface area contributed by atoms with Crippen molar-refractivity contribution in [3.8, 4) is 5.75 Å². The minimum absolute atomic E-state index is 0.0223. The summed E-state index contributed by atoms with van der Waals surface area (Å²) in [5, 5.41) is 3.20. The molecule has 1 saturated heterocycles. The number of aryl methyl sites for hydroxylation is 1. The lowest BCUT2D eigenvalue weighted by atomic mass is 10.0. The van der Waals surface area contributed by atoms with Crippen molar-refractivity contribution in [3.63, 3.8) is 0 Å². The Kier molecular flexibility index (Phi) is 7.88. The van der Waals surface area contributed by atoms with E-state index < -0.39 is 0 Å². The third kappa shape index (κ3) is 6.31. The minimum atomic E-state index is -0.0904. The summed E-state index contributed by atoms with van der Waals surface area (Å²) in [7, 11) is 2.15. The Hall–Kier alpha value is -2.37. The van der Waals surface area contributed by atoms with Crippen LogP contribution in [0.15, 0.2) is 48.5 Å². The van der Waals surface area contributed by atoms with E-state index in [0.29, 0.717) is 5.92 Å². The summed E-state index contributed by atoms with van der Waals surface area (Å²) in [4.78, 5) is 17.5. The first-order valence-corrected chi connectivity index (χ1v) is 10.9. The van der Waals surface area contributed by atoms with Crippen molar-refractivity contribution in [3.05, 3.63) is 65.2 Å². The predicted octanol–water partition coefficient (Wildman–Crippen LogP) is 3.60. The molecule has 5 nitrogen and oxygen atoms in total. The maximum Gasteiger partial charge on any atom is 0.258 e. The molecule has 0 saturated carbocycles. The van der Waals surface area contributed by atoms with Gasteiger partial charge in [0.15, 0.2) is 6.61 Å². The zero-order valence-electron chi connectivity index (χ0n) is 18.7. The van der Waals surface area contributed by atoms with Gasteiger partial charge in [-0.05, 0) is 42.6 Å². The van der Waals surface area contributed by atoms with Gasteiger partial charge in [-0.1, -0.05) is 56.3 Å². The number of amides is 1. The molecular weight excluding hydrogens is 374 g/mol. The van der Waals surface area contributed by atoms with E-state index in [-0.39, 0.29) is 18.6 Å². The van der Waals surface area contributed by atoms with Gasteiger partial charge in [0.25, 0.3) is 5.91 Å². The number of ether oxygens (including phenoxy) is 1. The van der Waals surface area contributed by atoms with E-state index in [0.717, 1.165) is 49.6 Å². The van der Waals surface area contributed by atoms with Gasteiger partial charge >= 0.3 is 0 Å². The van der Waals surface area contributed by atoms with Crippen molar-refractivity contribution in [1.82, 2.24) is 15.1 Å². The van der Waals surface area contributed by atoms with E-state index in [1.165, 1.54) is 5.56 Å². The van der Waals surface area contributed by atoms with Crippen molar-refractivity contribution in [1.29, 1.82) is 0 Å². The van der Waals surface area contributed by atoms with E-state index in [2.05, 4.69) is 60.3 Å². The number of nitrogens with zero attached hydrogens (tertiary/aromatic N) is 2. The van der Waals surface area contributed by atoms with Gasteiger partial charge in [-0.25, -0.2) is 0 Å². The molecule has 1 amide bonds. The second-order valence-corrected chi connectivity index (χ2v) is 8.60. The van der Waals surface area contributed by atoms with Crippen LogP contribution in [0.5, 0.6) is 5.75 Å². The Bertz CT molecular complexity index is 814. The molecular formula is C25H35N3O2. The fraction of sp³-hybridized carbons (Fsp3) is 0.480. The van der Waals surface area contributed by atoms with Crippen LogP contribution in [-0.4, -0.2) is 62.1 Å². The van der Waals surface area contributed by atoms with Gasteiger partial charge in [-0.3, -0.25) is 9.69 Å². The van der Waals surface area contributed by atoms with Crippen molar-refractivity contribution < 1.29 is 9.53 Å². The van der Waals surface area contributed by atoms with Gasteiger partial charge in [-0.2, -0.15) is 0 Å². The predicted molar refractivity (Wildman–Crippen MR) is 122 cm³/mol. The number of nitrogens with one attached hydrogen (secondary N) is 1. The lowest BCUT2D eigenvalue weighted by molar-refractivity contribution is -0.124. The average Bonchev–Trinajstić information content (AvgIpc) is 2.74. The van der Waals surface area contributed by atoms with Crippen LogP contribution in [0.25, 0.3) is 0 Å². The summed E-state index contributed by atoms with van der Waals surface area (Å²) in [6, 6.07) is 16.4. The molecule has 1 N–H and O–H groups in total. The molecule has 1 fully saturated rings. The molecule has 0 radical (unpaired) electrons. The first-order chi connectivity index (χ1) is 14.4. The smallest absolute Gasteiger partial charge is 0.258 e. The van der Waals surface area contributed by atoms with Crippen LogP contribution in [0.2, 0.25) is 0 Å². The highest BCUT2D eigenvalue weighted by molar-refractivity contribution is 5.78. The summed E-state index contributed by atoms with van der Waals surface area (Å²) in [5.74, 6) is 1.12. The normalized spacial score (nSPS) is 16.4. The average molecular weight is 410 g/mol. The molecule has 3 rings (SSSR count). The molecule has 0 aliphatic carbocycles. The molecule has 30 heavy (non-hydrogen) atoms. The molecule has 1 unspecified atom stereocenters. The van der Waals surface area contributed by atoms with E-state index >= 15 is 0 Å². The van der Waals surface area contributed by atoms with E-state index in [4.69, 9.17) is 4.74 Å². The van der Waals surface area contributed by atoms with Gasteiger partial charge < -0.3 is 15.0 Å². The summed E-state index contributed by atoms with van der Waals surface area (Å²) in [6.07, 6.45) is 0. The van der Waals surface area contributed by atoms with Crippen LogP contribution < -0.4 is 10.1 Å². The quantitative estimate of drug-likeness (QED) is 0.724. The molecule has 1 aliphatic rings. The molecule has 5 heteroatoms. The number of benzene rings is 2. The molecule has 0 bridgehead atoms. The van der Waals surface area contributed by atoms with Crippen LogP contribution in [0.4, 0.5) is 0 Å². The van der Waals surface area contributed by atoms with Crippen molar-refractivity contribution >= 4 is 5.91 Å². The van der Waals surface area contributed by atoms with E-state index in [9.17, 15) is 4.79 Å². The number of carbonyl (C=O) groups excluding carboxylic acids is 1. The molecule has 162 valence electrons. The Morgan fingerprint density at radius 3 is 2.40 bits per heavy atom. The first-order valence-electron chi connectivity index (χ1n) is 10.9. The summed E-state index contributed by atoms with van der Waals surface area (Å²) in [5.41, 5.74) is 3.39. The highest BCUT2D eigenvalue weighted by Crippen LogP contribution is 2.24. The molecule has 2 aromatic rings.